The summed E-state index contributed by atoms with van der Waals surface area (Å²) in [6.45, 7) is 1.01. The largest absolute Gasteiger partial charge is 0.496 e. The highest BCUT2D eigenvalue weighted by Crippen LogP contribution is 2.65. The summed E-state index contributed by atoms with van der Waals surface area (Å²) in [4.78, 5) is 0. The van der Waals surface area contributed by atoms with Crippen LogP contribution in [0.25, 0.3) is 0 Å². The van der Waals surface area contributed by atoms with Crippen molar-refractivity contribution in [3.8, 4) is 5.75 Å². The van der Waals surface area contributed by atoms with Crippen LogP contribution in [0.1, 0.15) is 37.7 Å². The Bertz CT molecular complexity index is 474. The first-order valence-electron chi connectivity index (χ1n) is 7.12. The van der Waals surface area contributed by atoms with Crippen molar-refractivity contribution in [3.05, 3.63) is 28.8 Å². The Morgan fingerprint density at radius 2 is 2.05 bits per heavy atom. The second kappa shape index (κ2) is 4.68. The van der Waals surface area contributed by atoms with E-state index in [9.17, 15) is 0 Å². The van der Waals surface area contributed by atoms with E-state index in [-0.39, 0.29) is 5.41 Å². The van der Waals surface area contributed by atoms with E-state index in [1.165, 1.54) is 37.7 Å². The first kappa shape index (κ1) is 13.3. The van der Waals surface area contributed by atoms with Crippen molar-refractivity contribution in [1.29, 1.82) is 0 Å². The van der Waals surface area contributed by atoms with Crippen molar-refractivity contribution in [2.24, 2.45) is 5.41 Å². The Morgan fingerprint density at radius 1 is 1.32 bits per heavy atom. The number of rotatable bonds is 4. The minimum atomic E-state index is 0.214. The molecule has 0 aromatic heterocycles. The standard InChI is InChI=1S/C16H22ClNO/c1-18-11-16(9-15(10-16)6-3-7-15)13-8-12(17)4-5-14(13)19-2/h4-5,8,18H,3,6-7,9-11H2,1-2H3. The van der Waals surface area contributed by atoms with Gasteiger partial charge >= 0.3 is 0 Å². The summed E-state index contributed by atoms with van der Waals surface area (Å²) in [5.41, 5.74) is 2.13. The molecule has 1 aromatic carbocycles. The summed E-state index contributed by atoms with van der Waals surface area (Å²) in [5.74, 6) is 0.980. The van der Waals surface area contributed by atoms with Gasteiger partial charge in [0.1, 0.15) is 5.75 Å². The van der Waals surface area contributed by atoms with Gasteiger partial charge in [0, 0.05) is 22.5 Å². The minimum absolute atomic E-state index is 0.214. The third-order valence-corrected chi connectivity index (χ3v) is 5.32. The zero-order valence-corrected chi connectivity index (χ0v) is 12.5. The summed E-state index contributed by atoms with van der Waals surface area (Å²) in [7, 11) is 3.78. The number of ether oxygens (including phenoxy) is 1. The topological polar surface area (TPSA) is 21.3 Å². The molecule has 2 saturated carbocycles. The van der Waals surface area contributed by atoms with Gasteiger partial charge in [-0.3, -0.25) is 0 Å². The van der Waals surface area contributed by atoms with Gasteiger partial charge in [0.15, 0.2) is 0 Å². The van der Waals surface area contributed by atoms with E-state index in [0.29, 0.717) is 5.41 Å². The van der Waals surface area contributed by atoms with Gasteiger partial charge in [-0.25, -0.2) is 0 Å². The highest BCUT2D eigenvalue weighted by atomic mass is 35.5. The Balaban J connectivity index is 1.94. The van der Waals surface area contributed by atoms with Crippen LogP contribution >= 0.6 is 11.6 Å². The van der Waals surface area contributed by atoms with Crippen molar-refractivity contribution >= 4 is 11.6 Å². The van der Waals surface area contributed by atoms with Crippen LogP contribution in [0.2, 0.25) is 5.02 Å². The predicted octanol–water partition coefficient (Wildman–Crippen LogP) is 3.77. The predicted molar refractivity (Wildman–Crippen MR) is 79.1 cm³/mol. The average Bonchev–Trinajstić information content (AvgIpc) is 2.31. The zero-order chi connectivity index (χ0) is 13.5. The molecule has 0 unspecified atom stereocenters. The van der Waals surface area contributed by atoms with Crippen LogP contribution in [0.15, 0.2) is 18.2 Å². The molecule has 2 aliphatic carbocycles. The second-order valence-corrected chi connectivity index (χ2v) is 6.80. The van der Waals surface area contributed by atoms with Gasteiger partial charge in [0.25, 0.3) is 0 Å². The monoisotopic (exact) mass is 279 g/mol. The van der Waals surface area contributed by atoms with Gasteiger partial charge in [-0.1, -0.05) is 18.0 Å². The summed E-state index contributed by atoms with van der Waals surface area (Å²) < 4.78 is 5.56. The third-order valence-electron chi connectivity index (χ3n) is 5.09. The molecule has 0 atom stereocenters. The van der Waals surface area contributed by atoms with Crippen LogP contribution < -0.4 is 10.1 Å². The number of likely N-dealkylation sites (N-methyl/N-ethyl adjacent to an activating group) is 1. The summed E-state index contributed by atoms with van der Waals surface area (Å²) in [5, 5.41) is 4.17. The average molecular weight is 280 g/mol. The van der Waals surface area contributed by atoms with Crippen LogP contribution in [0, 0.1) is 5.41 Å². The molecule has 3 rings (SSSR count). The highest BCUT2D eigenvalue weighted by Gasteiger charge is 2.57. The van der Waals surface area contributed by atoms with E-state index < -0.39 is 0 Å². The molecular formula is C16H22ClNO. The molecular weight excluding hydrogens is 258 g/mol. The number of hydrogen-bond acceptors (Lipinski definition) is 2. The minimum Gasteiger partial charge on any atom is -0.496 e. The molecule has 2 nitrogen and oxygen atoms in total. The van der Waals surface area contributed by atoms with Gasteiger partial charge in [-0.15, -0.1) is 0 Å². The quantitative estimate of drug-likeness (QED) is 0.906. The summed E-state index contributed by atoms with van der Waals surface area (Å²) >= 11 is 6.20. The van der Waals surface area contributed by atoms with Crippen molar-refractivity contribution in [1.82, 2.24) is 5.32 Å². The van der Waals surface area contributed by atoms with E-state index in [1.807, 2.05) is 19.2 Å². The Labute approximate surface area is 120 Å². The van der Waals surface area contributed by atoms with Crippen LogP contribution in [-0.2, 0) is 5.41 Å². The van der Waals surface area contributed by atoms with E-state index >= 15 is 0 Å². The fourth-order valence-corrected chi connectivity index (χ4v) is 4.43. The maximum atomic E-state index is 6.20. The zero-order valence-electron chi connectivity index (χ0n) is 11.8. The van der Waals surface area contributed by atoms with Crippen LogP contribution in [0.4, 0.5) is 0 Å². The molecule has 1 N–H and O–H groups in total. The fraction of sp³-hybridized carbons (Fsp3) is 0.625. The number of methoxy groups -OCH3 is 1. The van der Waals surface area contributed by atoms with Crippen molar-refractivity contribution in [2.75, 3.05) is 20.7 Å². The van der Waals surface area contributed by atoms with Crippen LogP contribution in [-0.4, -0.2) is 20.7 Å². The third kappa shape index (κ3) is 2.05. The van der Waals surface area contributed by atoms with Crippen molar-refractivity contribution in [3.63, 3.8) is 0 Å². The Morgan fingerprint density at radius 3 is 2.58 bits per heavy atom. The molecule has 0 radical (unpaired) electrons. The van der Waals surface area contributed by atoms with E-state index in [1.54, 1.807) is 7.11 Å². The summed E-state index contributed by atoms with van der Waals surface area (Å²) in [6, 6.07) is 6.01. The molecule has 0 bridgehead atoms. The first-order chi connectivity index (χ1) is 9.13. The molecule has 1 spiro atoms. The number of hydrogen-bond donors (Lipinski definition) is 1. The molecule has 3 heteroatoms. The first-order valence-corrected chi connectivity index (χ1v) is 7.50. The molecule has 0 heterocycles. The van der Waals surface area contributed by atoms with E-state index in [2.05, 4.69) is 11.4 Å². The van der Waals surface area contributed by atoms with E-state index in [4.69, 9.17) is 16.3 Å². The molecule has 0 aliphatic heterocycles. The van der Waals surface area contributed by atoms with Gasteiger partial charge in [-0.05, 0) is 56.3 Å². The molecule has 0 saturated heterocycles. The van der Waals surface area contributed by atoms with E-state index in [0.717, 1.165) is 17.3 Å². The molecule has 104 valence electrons. The van der Waals surface area contributed by atoms with Gasteiger partial charge in [0.05, 0.1) is 7.11 Å². The van der Waals surface area contributed by atoms with Crippen LogP contribution in [0.5, 0.6) is 5.75 Å². The maximum absolute atomic E-state index is 6.20. The molecule has 0 amide bonds. The Hall–Kier alpha value is -0.730. The second-order valence-electron chi connectivity index (χ2n) is 6.36. The lowest BCUT2D eigenvalue weighted by Gasteiger charge is -2.61. The lowest BCUT2D eigenvalue weighted by Crippen LogP contribution is -2.57. The SMILES string of the molecule is CNCC1(c2cc(Cl)ccc2OC)CC2(CCC2)C1. The lowest BCUT2D eigenvalue weighted by atomic mass is 9.43. The smallest absolute Gasteiger partial charge is 0.122 e. The molecule has 2 aliphatic rings. The van der Waals surface area contributed by atoms with Gasteiger partial charge in [0.2, 0.25) is 0 Å². The van der Waals surface area contributed by atoms with Crippen molar-refractivity contribution < 1.29 is 4.74 Å². The van der Waals surface area contributed by atoms with Gasteiger partial charge < -0.3 is 10.1 Å². The maximum Gasteiger partial charge on any atom is 0.122 e. The number of halogens is 1. The number of nitrogens with one attached hydrogen (secondary N) is 1. The molecule has 19 heavy (non-hydrogen) atoms. The van der Waals surface area contributed by atoms with Crippen molar-refractivity contribution in [2.45, 2.75) is 37.5 Å². The molecule has 1 aromatic rings. The van der Waals surface area contributed by atoms with Crippen LogP contribution in [0.3, 0.4) is 0 Å². The Kier molecular flexibility index (Phi) is 3.26. The lowest BCUT2D eigenvalue weighted by molar-refractivity contribution is -0.0483. The fourth-order valence-electron chi connectivity index (χ4n) is 4.26. The number of benzene rings is 1. The highest BCUT2D eigenvalue weighted by molar-refractivity contribution is 6.30. The normalized spacial score (nSPS) is 22.7. The van der Waals surface area contributed by atoms with Gasteiger partial charge in [-0.2, -0.15) is 0 Å². The summed E-state index contributed by atoms with van der Waals surface area (Å²) in [6.07, 6.45) is 6.76. The molecule has 2 fully saturated rings.